The van der Waals surface area contributed by atoms with Crippen LogP contribution in [0.5, 0.6) is 0 Å². The second kappa shape index (κ2) is 6.07. The molecule has 3 aliphatic rings. The van der Waals surface area contributed by atoms with Crippen molar-refractivity contribution in [3.05, 3.63) is 60.1 Å². The Balaban J connectivity index is 1.63. The molecule has 4 heterocycles. The van der Waals surface area contributed by atoms with E-state index in [0.29, 0.717) is 11.5 Å². The average Bonchev–Trinajstić information content (AvgIpc) is 3.18. The highest BCUT2D eigenvalue weighted by molar-refractivity contribution is 5.84. The molecule has 2 aromatic rings. The predicted molar refractivity (Wildman–Crippen MR) is 87.2 cm³/mol. The van der Waals surface area contributed by atoms with E-state index in [1.165, 1.54) is 6.26 Å². The van der Waals surface area contributed by atoms with E-state index in [1.807, 2.05) is 6.07 Å². The highest BCUT2D eigenvalue weighted by Crippen LogP contribution is 2.35. The third kappa shape index (κ3) is 2.54. The SMILES string of the molecule is O=C(OC1CN2CCC1CC2)C(O)(c1ccccc1)c1ccco1. The first kappa shape index (κ1) is 15.4. The fraction of sp³-hybridized carbons (Fsp3) is 0.421. The number of furan rings is 1. The summed E-state index contributed by atoms with van der Waals surface area (Å²) in [5.41, 5.74) is -1.47. The fourth-order valence-electron chi connectivity index (χ4n) is 3.79. The van der Waals surface area contributed by atoms with Gasteiger partial charge in [-0.25, -0.2) is 4.79 Å². The van der Waals surface area contributed by atoms with Crippen molar-refractivity contribution < 1.29 is 19.1 Å². The Morgan fingerprint density at radius 1 is 1.17 bits per heavy atom. The minimum Gasteiger partial charge on any atom is -0.465 e. The van der Waals surface area contributed by atoms with Gasteiger partial charge in [-0.3, -0.25) is 4.90 Å². The average molecular weight is 327 g/mol. The Morgan fingerprint density at radius 2 is 1.92 bits per heavy atom. The van der Waals surface area contributed by atoms with E-state index in [0.717, 1.165) is 32.5 Å². The van der Waals surface area contributed by atoms with Crippen molar-refractivity contribution in [1.29, 1.82) is 0 Å². The zero-order chi connectivity index (χ0) is 16.6. The van der Waals surface area contributed by atoms with Gasteiger partial charge < -0.3 is 14.3 Å². The smallest absolute Gasteiger partial charge is 0.351 e. The first-order valence-corrected chi connectivity index (χ1v) is 8.43. The summed E-state index contributed by atoms with van der Waals surface area (Å²) in [4.78, 5) is 15.3. The molecular formula is C19H21NO4. The number of carbonyl (C=O) groups excluding carboxylic acids is 1. The number of esters is 1. The van der Waals surface area contributed by atoms with Gasteiger partial charge >= 0.3 is 5.97 Å². The Bertz CT molecular complexity index is 691. The van der Waals surface area contributed by atoms with Gasteiger partial charge in [-0.05, 0) is 44.0 Å². The summed E-state index contributed by atoms with van der Waals surface area (Å²) in [6.07, 6.45) is 3.38. The zero-order valence-corrected chi connectivity index (χ0v) is 13.4. The third-order valence-corrected chi connectivity index (χ3v) is 5.22. The van der Waals surface area contributed by atoms with E-state index in [9.17, 15) is 9.90 Å². The summed E-state index contributed by atoms with van der Waals surface area (Å²) in [6.45, 7) is 2.89. The van der Waals surface area contributed by atoms with Gasteiger partial charge in [-0.1, -0.05) is 30.3 Å². The molecule has 0 spiro atoms. The number of hydrogen-bond donors (Lipinski definition) is 1. The number of hydrogen-bond acceptors (Lipinski definition) is 5. The largest absolute Gasteiger partial charge is 0.465 e. The second-order valence-corrected chi connectivity index (χ2v) is 6.64. The molecule has 2 unspecified atom stereocenters. The van der Waals surface area contributed by atoms with Gasteiger partial charge in [0.15, 0.2) is 5.76 Å². The summed E-state index contributed by atoms with van der Waals surface area (Å²) in [5, 5.41) is 11.2. The Morgan fingerprint density at radius 3 is 2.50 bits per heavy atom. The van der Waals surface area contributed by atoms with E-state index in [4.69, 9.17) is 9.15 Å². The van der Waals surface area contributed by atoms with Gasteiger partial charge in [0.1, 0.15) is 6.10 Å². The van der Waals surface area contributed by atoms with Gasteiger partial charge in [-0.2, -0.15) is 0 Å². The van der Waals surface area contributed by atoms with Crippen LogP contribution < -0.4 is 0 Å². The molecule has 2 atom stereocenters. The van der Waals surface area contributed by atoms with Crippen molar-refractivity contribution in [1.82, 2.24) is 4.90 Å². The first-order valence-electron chi connectivity index (χ1n) is 8.43. The van der Waals surface area contributed by atoms with Crippen LogP contribution in [0.15, 0.2) is 53.1 Å². The van der Waals surface area contributed by atoms with Crippen molar-refractivity contribution in [2.24, 2.45) is 5.92 Å². The van der Waals surface area contributed by atoms with E-state index in [-0.39, 0.29) is 11.9 Å². The van der Waals surface area contributed by atoms with Gasteiger partial charge in [-0.15, -0.1) is 0 Å². The molecule has 0 saturated carbocycles. The molecule has 24 heavy (non-hydrogen) atoms. The van der Waals surface area contributed by atoms with E-state index >= 15 is 0 Å². The van der Waals surface area contributed by atoms with Crippen LogP contribution in [0.2, 0.25) is 0 Å². The number of aliphatic hydroxyl groups is 1. The van der Waals surface area contributed by atoms with E-state index < -0.39 is 11.6 Å². The van der Waals surface area contributed by atoms with Crippen molar-refractivity contribution >= 4 is 5.97 Å². The molecule has 5 nitrogen and oxygen atoms in total. The summed E-state index contributed by atoms with van der Waals surface area (Å²) in [5.74, 6) is -0.0991. The number of carbonyl (C=O) groups is 1. The quantitative estimate of drug-likeness (QED) is 0.872. The molecule has 5 heteroatoms. The zero-order valence-electron chi connectivity index (χ0n) is 13.4. The molecule has 1 N–H and O–H groups in total. The van der Waals surface area contributed by atoms with Crippen LogP contribution in [-0.2, 0) is 15.1 Å². The van der Waals surface area contributed by atoms with Crippen LogP contribution >= 0.6 is 0 Å². The number of rotatable bonds is 4. The molecule has 3 fully saturated rings. The van der Waals surface area contributed by atoms with Crippen LogP contribution in [0.3, 0.4) is 0 Å². The van der Waals surface area contributed by atoms with Crippen molar-refractivity contribution in [2.45, 2.75) is 24.5 Å². The highest BCUT2D eigenvalue weighted by atomic mass is 16.6. The van der Waals surface area contributed by atoms with Crippen molar-refractivity contribution in [3.8, 4) is 0 Å². The fourth-order valence-corrected chi connectivity index (χ4v) is 3.79. The maximum absolute atomic E-state index is 13.0. The van der Waals surface area contributed by atoms with Gasteiger partial charge in [0, 0.05) is 12.1 Å². The maximum atomic E-state index is 13.0. The minimum atomic E-state index is -1.92. The maximum Gasteiger partial charge on any atom is 0.351 e. The molecule has 0 amide bonds. The molecule has 0 aliphatic carbocycles. The molecule has 3 saturated heterocycles. The molecular weight excluding hydrogens is 306 g/mol. The number of benzene rings is 1. The van der Waals surface area contributed by atoms with Crippen LogP contribution in [0.25, 0.3) is 0 Å². The lowest BCUT2D eigenvalue weighted by molar-refractivity contribution is -0.178. The lowest BCUT2D eigenvalue weighted by atomic mass is 9.85. The topological polar surface area (TPSA) is 62.9 Å². The normalized spacial score (nSPS) is 28.3. The second-order valence-electron chi connectivity index (χ2n) is 6.64. The molecule has 0 radical (unpaired) electrons. The molecule has 1 aromatic heterocycles. The molecule has 5 rings (SSSR count). The predicted octanol–water partition coefficient (Wildman–Crippen LogP) is 2.15. The minimum absolute atomic E-state index is 0.162. The molecule has 2 bridgehead atoms. The summed E-state index contributed by atoms with van der Waals surface area (Å²) < 4.78 is 11.1. The summed E-state index contributed by atoms with van der Waals surface area (Å²) >= 11 is 0. The monoisotopic (exact) mass is 327 g/mol. The lowest BCUT2D eigenvalue weighted by Crippen LogP contribution is -2.53. The number of fused-ring (bicyclic) bond motifs is 3. The van der Waals surface area contributed by atoms with Gasteiger partial charge in [0.25, 0.3) is 0 Å². The van der Waals surface area contributed by atoms with E-state index in [2.05, 4.69) is 4.90 Å². The van der Waals surface area contributed by atoms with E-state index in [1.54, 1.807) is 36.4 Å². The number of piperidine rings is 3. The lowest BCUT2D eigenvalue weighted by Gasteiger charge is -2.44. The standard InChI is InChI=1S/C19H21NO4/c21-18(24-16-13-20-10-8-14(16)9-11-20)19(22,17-7-4-12-23-17)15-5-2-1-3-6-15/h1-7,12,14,16,22H,8-11,13H2. The van der Waals surface area contributed by atoms with Crippen LogP contribution in [0.4, 0.5) is 0 Å². The first-order chi connectivity index (χ1) is 11.7. The van der Waals surface area contributed by atoms with Crippen LogP contribution in [-0.4, -0.2) is 41.7 Å². The third-order valence-electron chi connectivity index (χ3n) is 5.22. The summed E-state index contributed by atoms with van der Waals surface area (Å²) in [7, 11) is 0. The van der Waals surface area contributed by atoms with Crippen LogP contribution in [0.1, 0.15) is 24.2 Å². The Labute approximate surface area is 140 Å². The van der Waals surface area contributed by atoms with Crippen LogP contribution in [0, 0.1) is 5.92 Å². The number of nitrogens with zero attached hydrogens (tertiary/aromatic N) is 1. The van der Waals surface area contributed by atoms with Crippen molar-refractivity contribution in [3.63, 3.8) is 0 Å². The Hall–Kier alpha value is -2.11. The number of ether oxygens (including phenoxy) is 1. The molecule has 1 aromatic carbocycles. The molecule has 3 aliphatic heterocycles. The van der Waals surface area contributed by atoms with Gasteiger partial charge in [0.2, 0.25) is 5.60 Å². The highest BCUT2D eigenvalue weighted by Gasteiger charge is 2.47. The Kier molecular flexibility index (Phi) is 3.90. The molecule has 126 valence electrons. The van der Waals surface area contributed by atoms with Gasteiger partial charge in [0.05, 0.1) is 6.26 Å². The van der Waals surface area contributed by atoms with Crippen molar-refractivity contribution in [2.75, 3.05) is 19.6 Å². The summed E-state index contributed by atoms with van der Waals surface area (Å²) in [6, 6.07) is 12.1.